The second kappa shape index (κ2) is 6.20. The van der Waals surface area contributed by atoms with Crippen molar-refractivity contribution < 1.29 is 22.7 Å². The van der Waals surface area contributed by atoms with Gasteiger partial charge in [-0.05, 0) is 6.42 Å². The van der Waals surface area contributed by atoms with Crippen LogP contribution in [0.5, 0.6) is 0 Å². The minimum absolute atomic E-state index is 0.00434. The SMILES string of the molecule is CCC1CN(C(=O)CNCC(F)(F)F)CCO1. The highest BCUT2D eigenvalue weighted by Gasteiger charge is 2.28. The van der Waals surface area contributed by atoms with Crippen molar-refractivity contribution in [2.75, 3.05) is 32.8 Å². The third kappa shape index (κ3) is 5.36. The molecule has 17 heavy (non-hydrogen) atoms. The number of alkyl halides is 3. The zero-order valence-electron chi connectivity index (χ0n) is 9.72. The van der Waals surface area contributed by atoms with Crippen molar-refractivity contribution in [2.45, 2.75) is 25.6 Å². The molecule has 0 radical (unpaired) electrons. The van der Waals surface area contributed by atoms with Gasteiger partial charge in [0.15, 0.2) is 0 Å². The first-order chi connectivity index (χ1) is 7.92. The first-order valence-electron chi connectivity index (χ1n) is 5.59. The van der Waals surface area contributed by atoms with Crippen molar-refractivity contribution >= 4 is 5.91 Å². The molecule has 0 aliphatic carbocycles. The van der Waals surface area contributed by atoms with Crippen LogP contribution in [-0.2, 0) is 9.53 Å². The maximum Gasteiger partial charge on any atom is 0.401 e. The third-order valence-corrected chi connectivity index (χ3v) is 2.55. The van der Waals surface area contributed by atoms with Crippen LogP contribution in [0.25, 0.3) is 0 Å². The highest BCUT2D eigenvalue weighted by Crippen LogP contribution is 2.12. The van der Waals surface area contributed by atoms with Crippen LogP contribution in [0.1, 0.15) is 13.3 Å². The summed E-state index contributed by atoms with van der Waals surface area (Å²) in [5.41, 5.74) is 0. The number of nitrogens with zero attached hydrogens (tertiary/aromatic N) is 1. The van der Waals surface area contributed by atoms with E-state index < -0.39 is 12.7 Å². The largest absolute Gasteiger partial charge is 0.401 e. The first kappa shape index (κ1) is 14.2. The monoisotopic (exact) mass is 254 g/mol. The van der Waals surface area contributed by atoms with Crippen LogP contribution in [0.2, 0.25) is 0 Å². The van der Waals surface area contributed by atoms with E-state index in [4.69, 9.17) is 4.74 Å². The zero-order valence-corrected chi connectivity index (χ0v) is 9.72. The van der Waals surface area contributed by atoms with Crippen LogP contribution in [0.15, 0.2) is 0 Å². The number of nitrogens with one attached hydrogen (secondary N) is 1. The average Bonchev–Trinajstić information content (AvgIpc) is 2.27. The van der Waals surface area contributed by atoms with Gasteiger partial charge in [-0.25, -0.2) is 0 Å². The standard InChI is InChI=1S/C10H17F3N2O2/c1-2-8-6-15(3-4-17-8)9(16)5-14-7-10(11,12)13/h8,14H,2-7H2,1H3. The second-order valence-electron chi connectivity index (χ2n) is 3.96. The molecule has 0 aromatic rings. The molecule has 1 rings (SSSR count). The molecule has 1 heterocycles. The maximum absolute atomic E-state index is 11.9. The number of hydrogen-bond acceptors (Lipinski definition) is 3. The molecule has 100 valence electrons. The van der Waals surface area contributed by atoms with Gasteiger partial charge in [-0.3, -0.25) is 4.79 Å². The number of ether oxygens (including phenoxy) is 1. The van der Waals surface area contributed by atoms with Crippen molar-refractivity contribution in [3.05, 3.63) is 0 Å². The van der Waals surface area contributed by atoms with E-state index in [-0.39, 0.29) is 18.6 Å². The summed E-state index contributed by atoms with van der Waals surface area (Å²) in [5, 5.41) is 2.10. The van der Waals surface area contributed by atoms with Crippen LogP contribution in [0, 0.1) is 0 Å². The van der Waals surface area contributed by atoms with Gasteiger partial charge in [-0.15, -0.1) is 0 Å². The number of carbonyl (C=O) groups is 1. The van der Waals surface area contributed by atoms with Gasteiger partial charge in [0.05, 0.1) is 25.8 Å². The van der Waals surface area contributed by atoms with Crippen LogP contribution in [-0.4, -0.2) is 55.9 Å². The Morgan fingerprint density at radius 3 is 2.82 bits per heavy atom. The summed E-state index contributed by atoms with van der Waals surface area (Å²) in [4.78, 5) is 13.1. The van der Waals surface area contributed by atoms with Crippen molar-refractivity contribution in [1.29, 1.82) is 0 Å². The average molecular weight is 254 g/mol. The lowest BCUT2D eigenvalue weighted by molar-refractivity contribution is -0.140. The molecule has 1 atom stereocenters. The predicted molar refractivity (Wildman–Crippen MR) is 55.5 cm³/mol. The van der Waals surface area contributed by atoms with Crippen molar-refractivity contribution in [3.63, 3.8) is 0 Å². The van der Waals surface area contributed by atoms with Gasteiger partial charge < -0.3 is 15.0 Å². The Hall–Kier alpha value is -0.820. The molecule has 1 unspecified atom stereocenters. The summed E-state index contributed by atoms with van der Waals surface area (Å²) in [6.45, 7) is 1.88. The number of amides is 1. The molecule has 1 amide bonds. The Morgan fingerprint density at radius 1 is 1.53 bits per heavy atom. The molecule has 0 aromatic carbocycles. The maximum atomic E-state index is 11.9. The fourth-order valence-electron chi connectivity index (χ4n) is 1.62. The van der Waals surface area contributed by atoms with E-state index in [1.54, 1.807) is 4.90 Å². The van der Waals surface area contributed by atoms with Gasteiger partial charge in [-0.2, -0.15) is 13.2 Å². The first-order valence-corrected chi connectivity index (χ1v) is 5.59. The lowest BCUT2D eigenvalue weighted by Crippen LogP contribution is -2.49. The normalized spacial score (nSPS) is 21.6. The number of hydrogen-bond donors (Lipinski definition) is 1. The van der Waals surface area contributed by atoms with Crippen LogP contribution < -0.4 is 5.32 Å². The summed E-state index contributed by atoms with van der Waals surface area (Å²) >= 11 is 0. The van der Waals surface area contributed by atoms with Gasteiger partial charge in [-0.1, -0.05) is 6.92 Å². The Labute approximate surface area is 98.1 Å². The smallest absolute Gasteiger partial charge is 0.375 e. The zero-order chi connectivity index (χ0) is 12.9. The van der Waals surface area contributed by atoms with Crippen LogP contribution in [0.4, 0.5) is 13.2 Å². The molecule has 0 aromatic heterocycles. The molecular weight excluding hydrogens is 237 g/mol. The summed E-state index contributed by atoms with van der Waals surface area (Å²) in [7, 11) is 0. The van der Waals surface area contributed by atoms with E-state index in [9.17, 15) is 18.0 Å². The molecule has 1 fully saturated rings. The third-order valence-electron chi connectivity index (χ3n) is 2.55. The topological polar surface area (TPSA) is 41.6 Å². The number of halogens is 3. The molecule has 1 saturated heterocycles. The van der Waals surface area contributed by atoms with Crippen LogP contribution >= 0.6 is 0 Å². The van der Waals surface area contributed by atoms with E-state index in [0.717, 1.165) is 6.42 Å². The van der Waals surface area contributed by atoms with E-state index >= 15 is 0 Å². The minimum Gasteiger partial charge on any atom is -0.375 e. The number of carbonyl (C=O) groups excluding carboxylic acids is 1. The fourth-order valence-corrected chi connectivity index (χ4v) is 1.62. The molecule has 1 N–H and O–H groups in total. The van der Waals surface area contributed by atoms with E-state index in [2.05, 4.69) is 5.32 Å². The van der Waals surface area contributed by atoms with Crippen molar-refractivity contribution in [2.24, 2.45) is 0 Å². The van der Waals surface area contributed by atoms with Crippen LogP contribution in [0.3, 0.4) is 0 Å². The quantitative estimate of drug-likeness (QED) is 0.806. The van der Waals surface area contributed by atoms with Gasteiger partial charge in [0.2, 0.25) is 5.91 Å². The molecule has 0 spiro atoms. The van der Waals surface area contributed by atoms with Crippen molar-refractivity contribution in [1.82, 2.24) is 10.2 Å². The predicted octanol–water partition coefficient (Wildman–Crippen LogP) is 0.776. The summed E-state index contributed by atoms with van der Waals surface area (Å²) in [6, 6.07) is 0. The van der Waals surface area contributed by atoms with Gasteiger partial charge in [0, 0.05) is 13.1 Å². The van der Waals surface area contributed by atoms with E-state index in [1.807, 2.05) is 6.92 Å². The minimum atomic E-state index is -4.28. The Balaban J connectivity index is 2.27. The van der Waals surface area contributed by atoms with Gasteiger partial charge in [0.1, 0.15) is 0 Å². The molecule has 0 saturated carbocycles. The molecule has 1 aliphatic heterocycles. The lowest BCUT2D eigenvalue weighted by atomic mass is 10.2. The molecular formula is C10H17F3N2O2. The van der Waals surface area contributed by atoms with Crippen molar-refractivity contribution in [3.8, 4) is 0 Å². The Kier molecular flexibility index (Phi) is 5.20. The summed E-state index contributed by atoms with van der Waals surface area (Å²) < 4.78 is 40.9. The molecule has 0 bridgehead atoms. The number of rotatable bonds is 4. The molecule has 4 nitrogen and oxygen atoms in total. The molecule has 7 heteroatoms. The Morgan fingerprint density at radius 2 is 2.24 bits per heavy atom. The highest BCUT2D eigenvalue weighted by atomic mass is 19.4. The molecule has 1 aliphatic rings. The summed E-state index contributed by atoms with van der Waals surface area (Å²) in [5.74, 6) is -0.309. The summed E-state index contributed by atoms with van der Waals surface area (Å²) in [6.07, 6.45) is -3.49. The Bertz CT molecular complexity index is 258. The van der Waals surface area contributed by atoms with E-state index in [1.165, 1.54) is 0 Å². The number of morpholine rings is 1. The van der Waals surface area contributed by atoms with E-state index in [0.29, 0.717) is 19.7 Å². The van der Waals surface area contributed by atoms with Gasteiger partial charge >= 0.3 is 6.18 Å². The highest BCUT2D eigenvalue weighted by molar-refractivity contribution is 5.78. The van der Waals surface area contributed by atoms with Gasteiger partial charge in [0.25, 0.3) is 0 Å². The lowest BCUT2D eigenvalue weighted by Gasteiger charge is -2.32. The second-order valence-corrected chi connectivity index (χ2v) is 3.96. The fraction of sp³-hybridized carbons (Fsp3) is 0.900.